The molecule has 2 aromatic carbocycles. The molecule has 0 saturated carbocycles. The van der Waals surface area contributed by atoms with Crippen LogP contribution in [0.25, 0.3) is 16.3 Å². The van der Waals surface area contributed by atoms with Crippen LogP contribution in [0.3, 0.4) is 0 Å². The van der Waals surface area contributed by atoms with Gasteiger partial charge in [-0.3, -0.25) is 19.5 Å². The summed E-state index contributed by atoms with van der Waals surface area (Å²) in [5.41, 5.74) is 2.05. The van der Waals surface area contributed by atoms with Crippen molar-refractivity contribution in [2.24, 2.45) is 0 Å². The lowest BCUT2D eigenvalue weighted by molar-refractivity contribution is -0.135. The van der Waals surface area contributed by atoms with Gasteiger partial charge in [-0.05, 0) is 55.8 Å². The molecule has 0 aliphatic rings. The van der Waals surface area contributed by atoms with E-state index in [0.717, 1.165) is 22.6 Å². The number of amides is 2. The zero-order valence-corrected chi connectivity index (χ0v) is 22.4. The number of halogens is 1. The van der Waals surface area contributed by atoms with E-state index in [0.29, 0.717) is 22.1 Å². The predicted octanol–water partition coefficient (Wildman–Crippen LogP) is 5.18. The Balaban J connectivity index is 1.53. The van der Waals surface area contributed by atoms with Gasteiger partial charge in [-0.1, -0.05) is 24.3 Å². The first-order valence-electron chi connectivity index (χ1n) is 12.0. The number of anilines is 1. The number of carbonyl (C=O) groups is 2. The average molecular weight is 537 g/mol. The Morgan fingerprint density at radius 1 is 1.05 bits per heavy atom. The number of hydrogen-bond donors (Lipinski definition) is 1. The molecule has 38 heavy (non-hydrogen) atoms. The molecule has 10 heteroatoms. The smallest absolute Gasteiger partial charge is 0.246 e. The molecule has 198 valence electrons. The minimum absolute atomic E-state index is 0.0958. The van der Waals surface area contributed by atoms with Crippen molar-refractivity contribution in [3.05, 3.63) is 77.6 Å². The quantitative estimate of drug-likeness (QED) is 0.302. The number of imidazole rings is 1. The van der Waals surface area contributed by atoms with Gasteiger partial charge in [-0.2, -0.15) is 4.39 Å². The van der Waals surface area contributed by atoms with E-state index in [1.54, 1.807) is 42.1 Å². The van der Waals surface area contributed by atoms with Gasteiger partial charge in [0, 0.05) is 17.9 Å². The molecule has 0 saturated heterocycles. The van der Waals surface area contributed by atoms with Crippen LogP contribution in [0.15, 0.2) is 66.9 Å². The second-order valence-corrected chi connectivity index (χ2v) is 9.82. The van der Waals surface area contributed by atoms with Gasteiger partial charge < -0.3 is 14.4 Å². The lowest BCUT2D eigenvalue weighted by Crippen LogP contribution is -2.43. The zero-order valence-electron chi connectivity index (χ0n) is 21.6. The normalized spacial score (nSPS) is 10.9. The van der Waals surface area contributed by atoms with Gasteiger partial charge >= 0.3 is 0 Å². The van der Waals surface area contributed by atoms with Crippen LogP contribution in [0.1, 0.15) is 19.4 Å². The van der Waals surface area contributed by atoms with Crippen molar-refractivity contribution < 1.29 is 23.5 Å². The van der Waals surface area contributed by atoms with E-state index in [4.69, 9.17) is 9.47 Å². The van der Waals surface area contributed by atoms with E-state index in [2.05, 4.69) is 10.3 Å². The molecule has 2 heterocycles. The third-order valence-electron chi connectivity index (χ3n) is 5.88. The van der Waals surface area contributed by atoms with Gasteiger partial charge in [0.05, 0.1) is 25.5 Å². The molecule has 1 N–H and O–H groups in total. The molecule has 0 bridgehead atoms. The van der Waals surface area contributed by atoms with Gasteiger partial charge in [0.25, 0.3) is 0 Å². The van der Waals surface area contributed by atoms with Crippen molar-refractivity contribution in [2.45, 2.75) is 26.3 Å². The van der Waals surface area contributed by atoms with E-state index in [9.17, 15) is 14.0 Å². The third-order valence-corrected chi connectivity index (χ3v) is 6.77. The lowest BCUT2D eigenvalue weighted by Gasteiger charge is -2.26. The molecule has 0 spiro atoms. The minimum Gasteiger partial charge on any atom is -0.493 e. The minimum atomic E-state index is -0.397. The second-order valence-electron chi connectivity index (χ2n) is 8.79. The molecule has 4 rings (SSSR count). The van der Waals surface area contributed by atoms with Gasteiger partial charge in [-0.15, -0.1) is 11.3 Å². The molecule has 4 aromatic rings. The van der Waals surface area contributed by atoms with E-state index < -0.39 is 5.91 Å². The highest BCUT2D eigenvalue weighted by Crippen LogP contribution is 2.30. The van der Waals surface area contributed by atoms with Gasteiger partial charge in [0.2, 0.25) is 17.8 Å². The van der Waals surface area contributed by atoms with Crippen LogP contribution >= 0.6 is 11.3 Å². The number of para-hydroxylation sites is 1. The average Bonchev–Trinajstić information content (AvgIpc) is 3.53. The predicted molar refractivity (Wildman–Crippen MR) is 146 cm³/mol. The van der Waals surface area contributed by atoms with Crippen LogP contribution in [0.5, 0.6) is 11.5 Å². The molecular formula is C28H29FN4O4S. The largest absolute Gasteiger partial charge is 0.493 e. The first-order chi connectivity index (χ1) is 18.3. The Hall–Kier alpha value is -4.18. The number of nitrogens with one attached hydrogen (secondary N) is 1. The molecule has 0 radical (unpaired) electrons. The third kappa shape index (κ3) is 6.20. The van der Waals surface area contributed by atoms with Crippen molar-refractivity contribution in [3.63, 3.8) is 0 Å². The lowest BCUT2D eigenvalue weighted by atomic mass is 10.1. The molecule has 0 aliphatic heterocycles. The van der Waals surface area contributed by atoms with Crippen LogP contribution in [0.2, 0.25) is 0 Å². The summed E-state index contributed by atoms with van der Waals surface area (Å²) in [6.07, 6.45) is 1.84. The number of carbonyl (C=O) groups excluding carboxylic acids is 2. The van der Waals surface area contributed by atoms with E-state index >= 15 is 0 Å². The van der Waals surface area contributed by atoms with Gasteiger partial charge in [-0.25, -0.2) is 4.98 Å². The number of nitrogens with zero attached hydrogens (tertiary/aromatic N) is 3. The number of aromatic nitrogens is 2. The Morgan fingerprint density at radius 2 is 1.79 bits per heavy atom. The summed E-state index contributed by atoms with van der Waals surface area (Å²) >= 11 is 0.976. The zero-order chi connectivity index (χ0) is 27.2. The maximum absolute atomic E-state index is 13.6. The highest BCUT2D eigenvalue weighted by Gasteiger charge is 2.23. The molecular weight excluding hydrogens is 507 g/mol. The highest BCUT2D eigenvalue weighted by atomic mass is 32.1. The summed E-state index contributed by atoms with van der Waals surface area (Å²) in [5, 5.41) is 2.52. The fourth-order valence-electron chi connectivity index (χ4n) is 3.97. The summed E-state index contributed by atoms with van der Waals surface area (Å²) in [5.74, 6) is 0.777. The van der Waals surface area contributed by atoms with Crippen LogP contribution in [-0.4, -0.2) is 53.1 Å². The van der Waals surface area contributed by atoms with Gasteiger partial charge in [0.15, 0.2) is 16.6 Å². The first kappa shape index (κ1) is 26.9. The fourth-order valence-corrected chi connectivity index (χ4v) is 4.65. The maximum atomic E-state index is 13.6. The number of benzene rings is 2. The summed E-state index contributed by atoms with van der Waals surface area (Å²) in [6, 6.07) is 17.5. The van der Waals surface area contributed by atoms with Crippen LogP contribution < -0.4 is 14.8 Å². The van der Waals surface area contributed by atoms with Crippen LogP contribution in [-0.2, 0) is 16.0 Å². The van der Waals surface area contributed by atoms with Crippen LogP contribution in [0, 0.1) is 5.13 Å². The number of hydrogen-bond acceptors (Lipinski definition) is 6. The van der Waals surface area contributed by atoms with Crippen molar-refractivity contribution in [1.29, 1.82) is 0 Å². The molecule has 2 amide bonds. The van der Waals surface area contributed by atoms with E-state index in [-0.39, 0.29) is 36.0 Å². The van der Waals surface area contributed by atoms with Crippen molar-refractivity contribution in [3.8, 4) is 27.8 Å². The molecule has 0 aliphatic carbocycles. The fraction of sp³-hybridized carbons (Fsp3) is 0.250. The Morgan fingerprint density at radius 3 is 2.42 bits per heavy atom. The number of thiophene rings is 1. The molecule has 0 atom stereocenters. The molecule has 0 fully saturated rings. The summed E-state index contributed by atoms with van der Waals surface area (Å²) in [4.78, 5) is 33.1. The second kappa shape index (κ2) is 11.9. The maximum Gasteiger partial charge on any atom is 0.246 e. The van der Waals surface area contributed by atoms with Crippen molar-refractivity contribution in [2.75, 3.05) is 26.1 Å². The number of ether oxygens (including phenoxy) is 2. The summed E-state index contributed by atoms with van der Waals surface area (Å²) in [7, 11) is 3.08. The van der Waals surface area contributed by atoms with Gasteiger partial charge in [0.1, 0.15) is 12.2 Å². The topological polar surface area (TPSA) is 85.7 Å². The number of rotatable bonds is 10. The standard InChI is InChI=1S/C28H29FN4O4S/c1-18(2)32(27(35)15-19-10-11-22(36-3)23(14-19)37-4)17-26(34)31-28-30-21(24-12-13-25(29)38-24)16-33(28)20-8-6-5-7-9-20/h5-14,16,18H,15,17H2,1-4H3,(H,30,31,34). The molecule has 2 aromatic heterocycles. The van der Waals surface area contributed by atoms with Crippen molar-refractivity contribution >= 4 is 29.1 Å². The van der Waals surface area contributed by atoms with Crippen LogP contribution in [0.4, 0.5) is 10.3 Å². The Kier molecular flexibility index (Phi) is 8.42. The monoisotopic (exact) mass is 536 g/mol. The Bertz CT molecular complexity index is 1420. The highest BCUT2D eigenvalue weighted by molar-refractivity contribution is 7.13. The van der Waals surface area contributed by atoms with Crippen molar-refractivity contribution in [1.82, 2.24) is 14.5 Å². The van der Waals surface area contributed by atoms with E-state index in [1.165, 1.54) is 18.1 Å². The summed E-state index contributed by atoms with van der Waals surface area (Å²) in [6.45, 7) is 3.55. The molecule has 8 nitrogen and oxygen atoms in total. The first-order valence-corrected chi connectivity index (χ1v) is 12.8. The molecule has 0 unspecified atom stereocenters. The van der Waals surface area contributed by atoms with E-state index in [1.807, 2.05) is 44.2 Å². The SMILES string of the molecule is COc1ccc(CC(=O)N(CC(=O)Nc2nc(-c3ccc(F)s3)cn2-c2ccccc2)C(C)C)cc1OC. The number of methoxy groups -OCH3 is 2. The summed E-state index contributed by atoms with van der Waals surface area (Å²) < 4.78 is 26.0. The Labute approximate surface area is 224 Å².